The van der Waals surface area contributed by atoms with E-state index < -0.39 is 59.8 Å². The fraction of sp³-hybridized carbons (Fsp3) is 0.455. The number of amides is 3. The molecule has 232 valence electrons. The number of esters is 1. The molecule has 10 heteroatoms. The first-order chi connectivity index (χ1) is 20.1. The molecule has 0 heterocycles. The average Bonchev–Trinajstić information content (AvgIpc) is 2.92. The van der Waals surface area contributed by atoms with Crippen molar-refractivity contribution in [1.82, 2.24) is 15.5 Å². The highest BCUT2D eigenvalue weighted by molar-refractivity contribution is 5.94. The number of ether oxygens (including phenoxy) is 2. The highest BCUT2D eigenvalue weighted by Gasteiger charge is 2.37. The van der Waals surface area contributed by atoms with E-state index >= 15 is 0 Å². The summed E-state index contributed by atoms with van der Waals surface area (Å²) in [5.41, 5.74) is 0.109. The van der Waals surface area contributed by atoms with E-state index in [1.54, 1.807) is 72.7 Å². The maximum atomic E-state index is 14.1. The molecule has 3 atom stereocenters. The molecule has 0 aliphatic rings. The van der Waals surface area contributed by atoms with E-state index in [-0.39, 0.29) is 13.0 Å². The molecule has 2 aromatic rings. The number of hydrogen-bond donors (Lipinski definition) is 3. The van der Waals surface area contributed by atoms with E-state index in [0.29, 0.717) is 11.1 Å². The summed E-state index contributed by atoms with van der Waals surface area (Å²) in [4.78, 5) is 54.7. The zero-order chi connectivity index (χ0) is 32.4. The molecule has 0 aliphatic carbocycles. The number of nitrogens with zero attached hydrogens (tertiary/aromatic N) is 1. The van der Waals surface area contributed by atoms with Gasteiger partial charge in [-0.2, -0.15) is 0 Å². The third-order valence-corrected chi connectivity index (χ3v) is 6.04. The number of aliphatic hydroxyl groups is 1. The fourth-order valence-electron chi connectivity index (χ4n) is 4.20. The van der Waals surface area contributed by atoms with Gasteiger partial charge in [0.1, 0.15) is 29.3 Å². The Balaban J connectivity index is 2.50. The summed E-state index contributed by atoms with van der Waals surface area (Å²) in [6, 6.07) is 11.9. The minimum Gasteiger partial charge on any atom is -0.458 e. The second-order valence-electron chi connectivity index (χ2n) is 12.0. The lowest BCUT2D eigenvalue weighted by Gasteiger charge is -2.34. The van der Waals surface area contributed by atoms with Gasteiger partial charge in [0.2, 0.25) is 11.8 Å². The van der Waals surface area contributed by atoms with Crippen molar-refractivity contribution in [2.75, 3.05) is 13.2 Å². The van der Waals surface area contributed by atoms with Crippen LogP contribution in [0.2, 0.25) is 0 Å². The predicted molar refractivity (Wildman–Crippen MR) is 163 cm³/mol. The van der Waals surface area contributed by atoms with Crippen molar-refractivity contribution in [3.8, 4) is 12.3 Å². The number of hydrogen-bond acceptors (Lipinski definition) is 7. The number of terminal acetylenes is 1. The molecule has 0 aromatic heterocycles. The summed E-state index contributed by atoms with van der Waals surface area (Å²) in [5, 5.41) is 15.2. The Bertz CT molecular complexity index is 1290. The topological polar surface area (TPSA) is 134 Å². The second-order valence-corrected chi connectivity index (χ2v) is 12.0. The number of aliphatic hydroxyl groups excluding tert-OH is 1. The van der Waals surface area contributed by atoms with Gasteiger partial charge >= 0.3 is 12.1 Å². The molecule has 0 bridgehead atoms. The normalized spacial score (nSPS) is 13.5. The van der Waals surface area contributed by atoms with Crippen LogP contribution in [0, 0.1) is 12.3 Å². The number of rotatable bonds is 11. The van der Waals surface area contributed by atoms with Crippen LogP contribution < -0.4 is 10.6 Å². The van der Waals surface area contributed by atoms with Crippen molar-refractivity contribution in [3.05, 3.63) is 71.3 Å². The van der Waals surface area contributed by atoms with Crippen LogP contribution in [-0.4, -0.2) is 70.3 Å². The number of alkyl carbamates (subject to hydrolysis) is 1. The van der Waals surface area contributed by atoms with Gasteiger partial charge < -0.3 is 30.1 Å². The Morgan fingerprint density at radius 3 is 1.95 bits per heavy atom. The Kier molecular flexibility index (Phi) is 12.3. The molecule has 3 amide bonds. The highest BCUT2D eigenvalue weighted by atomic mass is 16.6. The van der Waals surface area contributed by atoms with Crippen molar-refractivity contribution in [2.45, 2.75) is 84.2 Å². The molecule has 2 aromatic carbocycles. The van der Waals surface area contributed by atoms with Crippen molar-refractivity contribution < 1.29 is 33.8 Å². The van der Waals surface area contributed by atoms with Crippen LogP contribution in [0.1, 0.15) is 71.2 Å². The molecule has 0 aliphatic heterocycles. The second kappa shape index (κ2) is 15.2. The number of carbonyl (C=O) groups is 4. The van der Waals surface area contributed by atoms with Crippen LogP contribution in [0.15, 0.2) is 54.6 Å². The van der Waals surface area contributed by atoms with Crippen LogP contribution in [0.5, 0.6) is 0 Å². The molecule has 3 unspecified atom stereocenters. The molecule has 3 N–H and O–H groups in total. The highest BCUT2D eigenvalue weighted by Crippen LogP contribution is 2.24. The van der Waals surface area contributed by atoms with E-state index in [1.165, 1.54) is 4.90 Å². The molecule has 43 heavy (non-hydrogen) atoms. The maximum Gasteiger partial charge on any atom is 0.408 e. The summed E-state index contributed by atoms with van der Waals surface area (Å²) in [5.74, 6) is 0.486. The third-order valence-electron chi connectivity index (χ3n) is 6.04. The lowest BCUT2D eigenvalue weighted by Crippen LogP contribution is -2.55. The zero-order valence-corrected chi connectivity index (χ0v) is 26.0. The van der Waals surface area contributed by atoms with Crippen LogP contribution in [0.25, 0.3) is 0 Å². The molecule has 0 saturated heterocycles. The van der Waals surface area contributed by atoms with Gasteiger partial charge in [-0.25, -0.2) is 9.59 Å². The first kappa shape index (κ1) is 34.8. The number of likely N-dealkylation sites (N-methyl/N-ethyl adjacent to an activating group) is 1. The Labute approximate surface area is 254 Å². The predicted octanol–water partition coefficient (Wildman–Crippen LogP) is 3.51. The van der Waals surface area contributed by atoms with Gasteiger partial charge in [0.25, 0.3) is 0 Å². The van der Waals surface area contributed by atoms with Gasteiger partial charge in [-0.3, -0.25) is 9.59 Å². The lowest BCUT2D eigenvalue weighted by atomic mass is 10.00. The maximum absolute atomic E-state index is 14.1. The molecular formula is C33H43N3O7. The average molecular weight is 594 g/mol. The van der Waals surface area contributed by atoms with Crippen LogP contribution in [0.3, 0.4) is 0 Å². The number of benzene rings is 2. The fourth-order valence-corrected chi connectivity index (χ4v) is 4.20. The van der Waals surface area contributed by atoms with Crippen molar-refractivity contribution in [3.63, 3.8) is 0 Å². The Hall–Kier alpha value is -4.36. The quantitative estimate of drug-likeness (QED) is 0.268. The molecule has 10 nitrogen and oxygen atoms in total. The van der Waals surface area contributed by atoms with E-state index in [0.717, 1.165) is 5.56 Å². The van der Waals surface area contributed by atoms with Crippen molar-refractivity contribution >= 4 is 23.9 Å². The lowest BCUT2D eigenvalue weighted by molar-refractivity contribution is -0.159. The van der Waals surface area contributed by atoms with E-state index in [9.17, 15) is 24.3 Å². The molecular weight excluding hydrogens is 550 g/mol. The summed E-state index contributed by atoms with van der Waals surface area (Å²) in [6.45, 7) is 11.1. The number of nitrogens with one attached hydrogen (secondary N) is 2. The van der Waals surface area contributed by atoms with Gasteiger partial charge in [-0.15, -0.1) is 6.42 Å². The van der Waals surface area contributed by atoms with E-state index in [4.69, 9.17) is 15.9 Å². The Morgan fingerprint density at radius 1 is 0.884 bits per heavy atom. The first-order valence-corrected chi connectivity index (χ1v) is 14.1. The Morgan fingerprint density at radius 2 is 1.47 bits per heavy atom. The van der Waals surface area contributed by atoms with Gasteiger partial charge in [0.15, 0.2) is 0 Å². The summed E-state index contributed by atoms with van der Waals surface area (Å²) in [7, 11) is 0. The molecule has 0 fully saturated rings. The van der Waals surface area contributed by atoms with Gasteiger partial charge in [0, 0.05) is 18.5 Å². The van der Waals surface area contributed by atoms with Crippen molar-refractivity contribution in [2.24, 2.45) is 0 Å². The monoisotopic (exact) mass is 593 g/mol. The van der Waals surface area contributed by atoms with Crippen LogP contribution in [0.4, 0.5) is 4.79 Å². The van der Waals surface area contributed by atoms with Crippen LogP contribution in [-0.2, 0) is 30.3 Å². The van der Waals surface area contributed by atoms with Crippen molar-refractivity contribution in [1.29, 1.82) is 0 Å². The summed E-state index contributed by atoms with van der Waals surface area (Å²) >= 11 is 0. The molecule has 0 saturated carbocycles. The summed E-state index contributed by atoms with van der Waals surface area (Å²) in [6.07, 6.45) is 4.76. The molecule has 0 radical (unpaired) electrons. The SMILES string of the molecule is C#Cc1ccc(C(C(=O)NC(Cc2ccccc2)C(=O)OC(C)(C)C)N(CC)C(=O)C(CO)NC(=O)OC(C)(C)C)cc1. The van der Waals surface area contributed by atoms with E-state index in [1.807, 2.05) is 30.3 Å². The minimum atomic E-state index is -1.40. The molecule has 2 rings (SSSR count). The largest absolute Gasteiger partial charge is 0.458 e. The van der Waals surface area contributed by atoms with Gasteiger partial charge in [-0.1, -0.05) is 48.4 Å². The summed E-state index contributed by atoms with van der Waals surface area (Å²) < 4.78 is 10.9. The smallest absolute Gasteiger partial charge is 0.408 e. The van der Waals surface area contributed by atoms with E-state index in [2.05, 4.69) is 16.6 Å². The standard InChI is InChI=1S/C33H43N3O7/c1-9-22-16-18-24(19-17-22)27(36(10-2)29(39)26(21-37)35-31(41)43-33(6,7)8)28(38)34-25(30(40)42-32(3,4)5)20-23-14-12-11-13-15-23/h1,11-19,25-27,37H,10,20-21H2,2-8H3,(H,34,38)(H,35,41). The zero-order valence-electron chi connectivity index (χ0n) is 26.0. The third kappa shape index (κ3) is 11.1. The van der Waals surface area contributed by atoms with Gasteiger partial charge in [0.05, 0.1) is 6.61 Å². The first-order valence-electron chi connectivity index (χ1n) is 14.1. The van der Waals surface area contributed by atoms with Gasteiger partial charge in [-0.05, 0) is 71.7 Å². The van der Waals surface area contributed by atoms with Crippen LogP contribution >= 0.6 is 0 Å². The minimum absolute atomic E-state index is 0.0239. The number of carbonyl (C=O) groups excluding carboxylic acids is 4. The molecule has 0 spiro atoms.